The smallest absolute Gasteiger partial charge is 0.368 e. The molecule has 3 N–H and O–H groups in total. The minimum atomic E-state index is -1.18. The highest BCUT2D eigenvalue weighted by atomic mass is 16.4. The number of hydrogen-bond donors (Lipinski definition) is 2. The van der Waals surface area contributed by atoms with Crippen LogP contribution in [0.5, 0.6) is 0 Å². The Morgan fingerprint density at radius 2 is 2.12 bits per heavy atom. The van der Waals surface area contributed by atoms with Gasteiger partial charge in [-0.1, -0.05) is 0 Å². The van der Waals surface area contributed by atoms with E-state index in [0.717, 1.165) is 10.9 Å². The molecule has 1 aromatic rings. The lowest BCUT2D eigenvalue weighted by atomic mass is 10.3. The number of aliphatic carboxylic acids is 1. The summed E-state index contributed by atoms with van der Waals surface area (Å²) in [5, 5.41) is 15.3. The number of rotatable bonds is 4. The quantitative estimate of drug-likeness (QED) is 0.564. The summed E-state index contributed by atoms with van der Waals surface area (Å²) in [7, 11) is 0. The number of tetrazole rings is 1. The fourth-order valence-corrected chi connectivity index (χ4v) is 0.853. The predicted octanol–water partition coefficient (Wildman–Crippen LogP) is -2.13. The van der Waals surface area contributed by atoms with Crippen molar-refractivity contribution in [2.75, 3.05) is 0 Å². The van der Waals surface area contributed by atoms with Crippen molar-refractivity contribution >= 4 is 18.1 Å². The summed E-state index contributed by atoms with van der Waals surface area (Å²) in [6.07, 6.45) is 0.995. The molecule has 0 aliphatic rings. The van der Waals surface area contributed by atoms with Gasteiger partial charge in [0.1, 0.15) is 6.54 Å². The highest BCUT2D eigenvalue weighted by Gasteiger charge is 2.08. The van der Waals surface area contributed by atoms with Crippen molar-refractivity contribution in [2.45, 2.75) is 13.5 Å². The van der Waals surface area contributed by atoms with Crippen molar-refractivity contribution in [1.82, 2.24) is 19.8 Å². The summed E-state index contributed by atoms with van der Waals surface area (Å²) < 4.78 is 1.44. The van der Waals surface area contributed by atoms with Gasteiger partial charge >= 0.3 is 11.7 Å². The van der Waals surface area contributed by atoms with E-state index in [1.165, 1.54) is 6.92 Å². The maximum atomic E-state index is 11.4. The van der Waals surface area contributed by atoms with E-state index in [9.17, 15) is 14.4 Å². The molecule has 0 aliphatic carbocycles. The zero-order chi connectivity index (χ0) is 12.3. The average molecular weight is 227 g/mol. The number of hydrogen-bond acceptors (Lipinski definition) is 5. The second-order valence-corrected chi connectivity index (χ2v) is 2.95. The Kier molecular flexibility index (Phi) is 3.18. The van der Waals surface area contributed by atoms with E-state index in [1.807, 2.05) is 0 Å². The summed E-state index contributed by atoms with van der Waals surface area (Å²) >= 11 is 0. The monoisotopic (exact) mass is 227 g/mol. The van der Waals surface area contributed by atoms with Crippen molar-refractivity contribution < 1.29 is 14.7 Å². The molecule has 0 unspecified atom stereocenters. The van der Waals surface area contributed by atoms with Gasteiger partial charge in [0.25, 0.3) is 0 Å². The molecule has 1 heterocycles. The summed E-state index contributed by atoms with van der Waals surface area (Å²) in [6.45, 7) is 0.890. The topological polar surface area (TPSA) is 133 Å². The molecule has 0 fully saturated rings. The third-order valence-corrected chi connectivity index (χ3v) is 1.62. The molecular formula is C7H9N5O4. The maximum absolute atomic E-state index is 11.4. The van der Waals surface area contributed by atoms with Crippen LogP contribution in [0.1, 0.15) is 6.92 Å². The number of primary amides is 1. The lowest BCUT2D eigenvalue weighted by molar-refractivity contribution is -0.132. The first kappa shape index (κ1) is 11.6. The van der Waals surface area contributed by atoms with Crippen LogP contribution in [-0.2, 0) is 16.1 Å². The van der Waals surface area contributed by atoms with Gasteiger partial charge in [-0.25, -0.2) is 9.59 Å². The Labute approximate surface area is 88.7 Å². The van der Waals surface area contributed by atoms with Crippen LogP contribution in [0.2, 0.25) is 0 Å². The SMILES string of the molecule is C/C(=C\n1nnn(CC(N)=O)c1=O)C(=O)O. The summed E-state index contributed by atoms with van der Waals surface area (Å²) in [4.78, 5) is 32.4. The number of amides is 1. The second kappa shape index (κ2) is 4.38. The molecule has 0 aromatic carbocycles. The molecule has 1 amide bonds. The van der Waals surface area contributed by atoms with E-state index in [-0.39, 0.29) is 5.57 Å². The Hall–Kier alpha value is -2.45. The Balaban J connectivity index is 3.06. The summed E-state index contributed by atoms with van der Waals surface area (Å²) in [6, 6.07) is 0. The van der Waals surface area contributed by atoms with Crippen molar-refractivity contribution in [2.24, 2.45) is 5.73 Å². The molecule has 0 atom stereocenters. The van der Waals surface area contributed by atoms with Crippen LogP contribution in [0.25, 0.3) is 6.20 Å². The van der Waals surface area contributed by atoms with Gasteiger partial charge in [0.15, 0.2) is 0 Å². The van der Waals surface area contributed by atoms with Crippen molar-refractivity contribution in [3.8, 4) is 0 Å². The lowest BCUT2D eigenvalue weighted by Gasteiger charge is -1.92. The summed E-state index contributed by atoms with van der Waals surface area (Å²) in [5.41, 5.74) is 4.04. The van der Waals surface area contributed by atoms with E-state index in [0.29, 0.717) is 4.68 Å². The number of carbonyl (C=O) groups excluding carboxylic acids is 1. The van der Waals surface area contributed by atoms with Gasteiger partial charge in [-0.2, -0.15) is 9.36 Å². The fourth-order valence-electron chi connectivity index (χ4n) is 0.853. The number of carboxylic acid groups (broad SMARTS) is 1. The Morgan fingerprint density at radius 3 is 2.62 bits per heavy atom. The van der Waals surface area contributed by atoms with Crippen LogP contribution in [-0.4, -0.2) is 36.8 Å². The zero-order valence-corrected chi connectivity index (χ0v) is 8.32. The average Bonchev–Trinajstić information content (AvgIpc) is 2.49. The molecular weight excluding hydrogens is 218 g/mol. The number of aromatic nitrogens is 4. The first-order valence-electron chi connectivity index (χ1n) is 4.14. The molecule has 0 saturated heterocycles. The van der Waals surface area contributed by atoms with Gasteiger partial charge in [0, 0.05) is 6.20 Å². The molecule has 16 heavy (non-hydrogen) atoms. The fraction of sp³-hybridized carbons (Fsp3) is 0.286. The Morgan fingerprint density at radius 1 is 1.50 bits per heavy atom. The number of nitrogens with two attached hydrogens (primary N) is 1. The molecule has 9 nitrogen and oxygen atoms in total. The van der Waals surface area contributed by atoms with E-state index in [1.54, 1.807) is 0 Å². The molecule has 86 valence electrons. The third-order valence-electron chi connectivity index (χ3n) is 1.62. The van der Waals surface area contributed by atoms with Gasteiger partial charge < -0.3 is 10.8 Å². The number of nitrogens with zero attached hydrogens (tertiary/aromatic N) is 4. The van der Waals surface area contributed by atoms with E-state index >= 15 is 0 Å². The molecule has 0 radical (unpaired) electrons. The number of carbonyl (C=O) groups is 2. The van der Waals surface area contributed by atoms with Crippen molar-refractivity contribution in [3.05, 3.63) is 16.1 Å². The first-order valence-corrected chi connectivity index (χ1v) is 4.14. The summed E-state index contributed by atoms with van der Waals surface area (Å²) in [5.74, 6) is -1.93. The zero-order valence-electron chi connectivity index (χ0n) is 8.32. The van der Waals surface area contributed by atoms with E-state index < -0.39 is 24.1 Å². The largest absolute Gasteiger partial charge is 0.478 e. The molecule has 0 saturated carbocycles. The highest BCUT2D eigenvalue weighted by molar-refractivity contribution is 5.89. The maximum Gasteiger partial charge on any atom is 0.368 e. The number of carboxylic acids is 1. The molecule has 9 heteroatoms. The predicted molar refractivity (Wildman–Crippen MR) is 51.1 cm³/mol. The third kappa shape index (κ3) is 2.53. The van der Waals surface area contributed by atoms with Gasteiger partial charge in [-0.05, 0) is 17.4 Å². The van der Waals surface area contributed by atoms with Crippen LogP contribution < -0.4 is 11.4 Å². The van der Waals surface area contributed by atoms with Gasteiger partial charge in [0.2, 0.25) is 5.91 Å². The van der Waals surface area contributed by atoms with Crippen molar-refractivity contribution in [3.63, 3.8) is 0 Å². The van der Waals surface area contributed by atoms with Crippen LogP contribution >= 0.6 is 0 Å². The van der Waals surface area contributed by atoms with E-state index in [2.05, 4.69) is 10.4 Å². The van der Waals surface area contributed by atoms with Crippen molar-refractivity contribution in [1.29, 1.82) is 0 Å². The van der Waals surface area contributed by atoms with Gasteiger partial charge in [-0.3, -0.25) is 4.79 Å². The lowest BCUT2D eigenvalue weighted by Crippen LogP contribution is -2.29. The normalized spacial score (nSPS) is 11.4. The van der Waals surface area contributed by atoms with E-state index in [4.69, 9.17) is 10.8 Å². The highest BCUT2D eigenvalue weighted by Crippen LogP contribution is 1.92. The minimum absolute atomic E-state index is 0.0896. The van der Waals surface area contributed by atoms with Crippen LogP contribution in [0.15, 0.2) is 10.4 Å². The molecule has 0 bridgehead atoms. The standard InChI is InChI=1S/C7H9N5O4/c1-4(6(14)15)2-11-7(16)12(10-9-11)3-5(8)13/h2H,3H2,1H3,(H2,8,13)(H,14,15)/b4-2+. The molecule has 1 aromatic heterocycles. The van der Waals surface area contributed by atoms with Crippen LogP contribution in [0, 0.1) is 0 Å². The minimum Gasteiger partial charge on any atom is -0.478 e. The molecule has 0 spiro atoms. The second-order valence-electron chi connectivity index (χ2n) is 2.95. The van der Waals surface area contributed by atoms with Crippen LogP contribution in [0.4, 0.5) is 0 Å². The van der Waals surface area contributed by atoms with Gasteiger partial charge in [0.05, 0.1) is 5.57 Å². The Bertz CT molecular complexity index is 511. The molecule has 1 rings (SSSR count). The van der Waals surface area contributed by atoms with Gasteiger partial charge in [-0.15, -0.1) is 0 Å². The van der Waals surface area contributed by atoms with Crippen LogP contribution in [0.3, 0.4) is 0 Å². The molecule has 0 aliphatic heterocycles. The first-order chi connectivity index (χ1) is 7.41.